The Hall–Kier alpha value is -1.49. The van der Waals surface area contributed by atoms with Crippen molar-refractivity contribution >= 4 is 29.3 Å². The molecule has 5 heteroatoms. The molecule has 4 nitrogen and oxygen atoms in total. The Kier molecular flexibility index (Phi) is 4.47. The van der Waals surface area contributed by atoms with E-state index in [1.54, 1.807) is 24.3 Å². The molecular formula is C14H18N2O2S. The van der Waals surface area contributed by atoms with Crippen molar-refractivity contribution in [1.29, 1.82) is 0 Å². The Bertz CT molecular complexity index is 473. The smallest absolute Gasteiger partial charge is 0.320 e. The van der Waals surface area contributed by atoms with Gasteiger partial charge in [0.2, 0.25) is 0 Å². The summed E-state index contributed by atoms with van der Waals surface area (Å²) in [6, 6.07) is 7.18. The van der Waals surface area contributed by atoms with Crippen LogP contribution in [0.1, 0.15) is 24.2 Å². The number of thioether (sulfide) groups is 1. The Balaban J connectivity index is 2.00. The number of benzene rings is 1. The van der Waals surface area contributed by atoms with E-state index in [0.29, 0.717) is 5.56 Å². The van der Waals surface area contributed by atoms with Crippen LogP contribution in [-0.2, 0) is 0 Å². The monoisotopic (exact) mass is 278 g/mol. The van der Waals surface area contributed by atoms with Crippen LogP contribution in [0.25, 0.3) is 0 Å². The second-order valence-electron chi connectivity index (χ2n) is 4.68. The number of hydrogen-bond donors (Lipinski definition) is 1. The molecule has 1 aromatic carbocycles. The fourth-order valence-electron chi connectivity index (χ4n) is 2.01. The normalized spacial score (nSPS) is 19.1. The van der Waals surface area contributed by atoms with Crippen LogP contribution in [0.5, 0.6) is 0 Å². The zero-order chi connectivity index (χ0) is 13.8. The third-order valence-corrected chi connectivity index (χ3v) is 4.36. The van der Waals surface area contributed by atoms with E-state index in [0.717, 1.165) is 23.7 Å². The highest BCUT2D eigenvalue weighted by Gasteiger charge is 2.23. The number of anilines is 1. The lowest BCUT2D eigenvalue weighted by molar-refractivity contribution is 0.101. The van der Waals surface area contributed by atoms with Crippen molar-refractivity contribution in [3.8, 4) is 0 Å². The molecule has 1 aliphatic heterocycles. The maximum atomic E-state index is 12.1. The third kappa shape index (κ3) is 3.50. The molecule has 0 spiro atoms. The summed E-state index contributed by atoms with van der Waals surface area (Å²) in [5.74, 6) is 2.00. The molecule has 2 amide bonds. The van der Waals surface area contributed by atoms with Crippen molar-refractivity contribution in [3.63, 3.8) is 0 Å². The van der Waals surface area contributed by atoms with E-state index in [-0.39, 0.29) is 17.9 Å². The number of hydrogen-bond acceptors (Lipinski definition) is 3. The van der Waals surface area contributed by atoms with Gasteiger partial charge >= 0.3 is 6.03 Å². The minimum Gasteiger partial charge on any atom is -0.320 e. The molecule has 0 radical (unpaired) electrons. The Morgan fingerprint density at radius 1 is 1.32 bits per heavy atom. The van der Waals surface area contributed by atoms with Crippen LogP contribution < -0.4 is 5.32 Å². The summed E-state index contributed by atoms with van der Waals surface area (Å²) >= 11 is 1.88. The number of rotatable bonds is 2. The van der Waals surface area contributed by atoms with Gasteiger partial charge in [-0.05, 0) is 38.1 Å². The first-order valence-electron chi connectivity index (χ1n) is 6.34. The quantitative estimate of drug-likeness (QED) is 0.846. The number of Topliss-reactive ketones (excluding diaryl/α,β-unsaturated/α-hetero) is 1. The molecule has 0 bridgehead atoms. The van der Waals surface area contributed by atoms with Gasteiger partial charge in [-0.3, -0.25) is 4.79 Å². The first kappa shape index (κ1) is 13.9. The number of amides is 2. The Morgan fingerprint density at radius 2 is 2.00 bits per heavy atom. The molecule has 1 unspecified atom stereocenters. The Labute approximate surface area is 117 Å². The highest BCUT2D eigenvalue weighted by molar-refractivity contribution is 7.99. The van der Waals surface area contributed by atoms with E-state index >= 15 is 0 Å². The van der Waals surface area contributed by atoms with Gasteiger partial charge in [0.1, 0.15) is 0 Å². The van der Waals surface area contributed by atoms with Crippen LogP contribution in [0.3, 0.4) is 0 Å². The van der Waals surface area contributed by atoms with Crippen LogP contribution in [-0.4, -0.2) is 40.8 Å². The molecule has 102 valence electrons. The molecule has 19 heavy (non-hydrogen) atoms. The minimum absolute atomic E-state index is 0.0274. The average molecular weight is 278 g/mol. The summed E-state index contributed by atoms with van der Waals surface area (Å²) in [5.41, 5.74) is 1.38. The van der Waals surface area contributed by atoms with E-state index in [1.165, 1.54) is 6.92 Å². The van der Waals surface area contributed by atoms with Gasteiger partial charge in [-0.2, -0.15) is 11.8 Å². The summed E-state index contributed by atoms with van der Waals surface area (Å²) in [6.07, 6.45) is 0. The zero-order valence-corrected chi connectivity index (χ0v) is 12.0. The second-order valence-corrected chi connectivity index (χ2v) is 5.83. The maximum absolute atomic E-state index is 12.1. The van der Waals surface area contributed by atoms with Crippen molar-refractivity contribution in [1.82, 2.24) is 4.90 Å². The van der Waals surface area contributed by atoms with Gasteiger partial charge in [-0.1, -0.05) is 0 Å². The van der Waals surface area contributed by atoms with Crippen molar-refractivity contribution in [2.45, 2.75) is 19.9 Å². The predicted molar refractivity (Wildman–Crippen MR) is 79.0 cm³/mol. The molecule has 1 fully saturated rings. The fourth-order valence-corrected chi connectivity index (χ4v) is 3.03. The van der Waals surface area contributed by atoms with Gasteiger partial charge in [0.25, 0.3) is 0 Å². The molecule has 1 saturated heterocycles. The highest BCUT2D eigenvalue weighted by Crippen LogP contribution is 2.18. The van der Waals surface area contributed by atoms with Crippen molar-refractivity contribution < 1.29 is 9.59 Å². The van der Waals surface area contributed by atoms with Gasteiger partial charge < -0.3 is 10.2 Å². The van der Waals surface area contributed by atoms with Gasteiger partial charge in [0.15, 0.2) is 5.78 Å². The average Bonchev–Trinajstić information content (AvgIpc) is 2.39. The van der Waals surface area contributed by atoms with E-state index in [9.17, 15) is 9.59 Å². The number of urea groups is 1. The molecule has 0 saturated carbocycles. The molecule has 1 heterocycles. The number of carbonyl (C=O) groups excluding carboxylic acids is 2. The van der Waals surface area contributed by atoms with Gasteiger partial charge in [-0.15, -0.1) is 0 Å². The van der Waals surface area contributed by atoms with Crippen LogP contribution >= 0.6 is 11.8 Å². The summed E-state index contributed by atoms with van der Waals surface area (Å²) in [7, 11) is 0. The lowest BCUT2D eigenvalue weighted by atomic mass is 10.1. The SMILES string of the molecule is CC(=O)c1ccc(NC(=O)N2CCSCC2C)cc1. The molecule has 1 aliphatic rings. The molecule has 1 aromatic rings. The summed E-state index contributed by atoms with van der Waals surface area (Å²) < 4.78 is 0. The highest BCUT2D eigenvalue weighted by atomic mass is 32.2. The number of ketones is 1. The fraction of sp³-hybridized carbons (Fsp3) is 0.429. The predicted octanol–water partition coefficient (Wildman–Crippen LogP) is 2.86. The largest absolute Gasteiger partial charge is 0.322 e. The molecule has 0 aromatic heterocycles. The van der Waals surface area contributed by atoms with Crippen molar-refractivity contribution in [3.05, 3.63) is 29.8 Å². The number of nitrogens with one attached hydrogen (secondary N) is 1. The Morgan fingerprint density at radius 3 is 2.58 bits per heavy atom. The zero-order valence-electron chi connectivity index (χ0n) is 11.2. The number of nitrogens with zero attached hydrogens (tertiary/aromatic N) is 1. The molecule has 1 N–H and O–H groups in total. The molecule has 0 aliphatic carbocycles. The summed E-state index contributed by atoms with van der Waals surface area (Å²) in [5, 5.41) is 2.87. The summed E-state index contributed by atoms with van der Waals surface area (Å²) in [6.45, 7) is 4.37. The van der Waals surface area contributed by atoms with Gasteiger partial charge in [0, 0.05) is 35.3 Å². The number of carbonyl (C=O) groups is 2. The van der Waals surface area contributed by atoms with E-state index in [4.69, 9.17) is 0 Å². The van der Waals surface area contributed by atoms with E-state index < -0.39 is 0 Å². The molecular weight excluding hydrogens is 260 g/mol. The third-order valence-electron chi connectivity index (χ3n) is 3.17. The molecule has 1 atom stereocenters. The van der Waals surface area contributed by atoms with Crippen LogP contribution in [0.15, 0.2) is 24.3 Å². The van der Waals surface area contributed by atoms with E-state index in [1.807, 2.05) is 16.7 Å². The first-order valence-corrected chi connectivity index (χ1v) is 7.50. The van der Waals surface area contributed by atoms with Gasteiger partial charge in [0.05, 0.1) is 0 Å². The topological polar surface area (TPSA) is 49.4 Å². The van der Waals surface area contributed by atoms with Crippen LogP contribution in [0, 0.1) is 0 Å². The lowest BCUT2D eigenvalue weighted by Gasteiger charge is -2.33. The summed E-state index contributed by atoms with van der Waals surface area (Å²) in [4.78, 5) is 25.2. The van der Waals surface area contributed by atoms with Gasteiger partial charge in [-0.25, -0.2) is 4.79 Å². The van der Waals surface area contributed by atoms with Crippen LogP contribution in [0.2, 0.25) is 0 Å². The van der Waals surface area contributed by atoms with E-state index in [2.05, 4.69) is 12.2 Å². The maximum Gasteiger partial charge on any atom is 0.322 e. The van der Waals surface area contributed by atoms with Crippen LogP contribution in [0.4, 0.5) is 10.5 Å². The molecule has 2 rings (SSSR count). The standard InChI is InChI=1S/C14H18N2O2S/c1-10-9-19-8-7-16(10)14(18)15-13-5-3-12(4-6-13)11(2)17/h3-6,10H,7-9H2,1-2H3,(H,15,18). The lowest BCUT2D eigenvalue weighted by Crippen LogP contribution is -2.46. The van der Waals surface area contributed by atoms with Crippen molar-refractivity contribution in [2.24, 2.45) is 0 Å². The minimum atomic E-state index is -0.0663. The van der Waals surface area contributed by atoms with Crippen molar-refractivity contribution in [2.75, 3.05) is 23.4 Å². The second kappa shape index (κ2) is 6.10. The first-order chi connectivity index (χ1) is 9.08.